The zero-order valence-corrected chi connectivity index (χ0v) is 13.7. The molecular formula is C18H19NO3S. The van der Waals surface area contributed by atoms with E-state index in [1.54, 1.807) is 11.3 Å². The number of thiophene rings is 1. The van der Waals surface area contributed by atoms with Crippen molar-refractivity contribution in [2.45, 2.75) is 31.8 Å². The summed E-state index contributed by atoms with van der Waals surface area (Å²) in [6.45, 7) is 1.88. The SMILES string of the molecule is O=C(Cc1ccc2c(c1)OCCO2)N(Cc1cccs1)C1CC1. The van der Waals surface area contributed by atoms with Crippen LogP contribution >= 0.6 is 11.3 Å². The van der Waals surface area contributed by atoms with E-state index in [2.05, 4.69) is 11.4 Å². The molecule has 0 spiro atoms. The Balaban J connectivity index is 1.47. The molecule has 4 nitrogen and oxygen atoms in total. The first-order valence-electron chi connectivity index (χ1n) is 8.00. The van der Waals surface area contributed by atoms with Crippen molar-refractivity contribution in [1.29, 1.82) is 0 Å². The number of ether oxygens (including phenoxy) is 2. The Hall–Kier alpha value is -2.01. The minimum Gasteiger partial charge on any atom is -0.486 e. The molecule has 0 atom stereocenters. The van der Waals surface area contributed by atoms with Crippen molar-refractivity contribution < 1.29 is 14.3 Å². The molecule has 1 amide bonds. The number of amides is 1. The molecule has 1 aromatic carbocycles. The molecule has 1 aromatic heterocycles. The Morgan fingerprint density at radius 2 is 2.00 bits per heavy atom. The van der Waals surface area contributed by atoms with E-state index in [4.69, 9.17) is 9.47 Å². The molecule has 1 fully saturated rings. The van der Waals surface area contributed by atoms with E-state index in [1.165, 1.54) is 4.88 Å². The van der Waals surface area contributed by atoms with E-state index >= 15 is 0 Å². The van der Waals surface area contributed by atoms with Crippen LogP contribution in [0.4, 0.5) is 0 Å². The fourth-order valence-electron chi connectivity index (χ4n) is 2.85. The third-order valence-corrected chi connectivity index (χ3v) is 5.04. The topological polar surface area (TPSA) is 38.8 Å². The maximum Gasteiger partial charge on any atom is 0.227 e. The van der Waals surface area contributed by atoms with Crippen LogP contribution in [0.15, 0.2) is 35.7 Å². The van der Waals surface area contributed by atoms with Gasteiger partial charge in [0.25, 0.3) is 0 Å². The molecule has 23 heavy (non-hydrogen) atoms. The second-order valence-electron chi connectivity index (χ2n) is 5.99. The highest BCUT2D eigenvalue weighted by Crippen LogP contribution is 2.32. The summed E-state index contributed by atoms with van der Waals surface area (Å²) >= 11 is 1.71. The Morgan fingerprint density at radius 3 is 2.74 bits per heavy atom. The first kappa shape index (κ1) is 14.6. The predicted molar refractivity (Wildman–Crippen MR) is 89.0 cm³/mol. The van der Waals surface area contributed by atoms with E-state index in [9.17, 15) is 4.79 Å². The molecule has 1 aliphatic carbocycles. The van der Waals surface area contributed by atoms with Gasteiger partial charge in [-0.15, -0.1) is 11.3 Å². The molecule has 2 heterocycles. The van der Waals surface area contributed by atoms with Crippen molar-refractivity contribution in [2.24, 2.45) is 0 Å². The Kier molecular flexibility index (Phi) is 3.95. The zero-order chi connectivity index (χ0) is 15.6. The lowest BCUT2D eigenvalue weighted by Crippen LogP contribution is -2.33. The number of nitrogens with zero attached hydrogens (tertiary/aromatic N) is 1. The van der Waals surface area contributed by atoms with Gasteiger partial charge in [0.1, 0.15) is 13.2 Å². The lowest BCUT2D eigenvalue weighted by molar-refractivity contribution is -0.131. The largest absolute Gasteiger partial charge is 0.486 e. The molecule has 0 unspecified atom stereocenters. The zero-order valence-electron chi connectivity index (χ0n) is 12.9. The van der Waals surface area contributed by atoms with E-state index in [0.717, 1.165) is 36.4 Å². The molecule has 0 N–H and O–H groups in total. The van der Waals surface area contributed by atoms with E-state index in [1.807, 2.05) is 29.2 Å². The van der Waals surface area contributed by atoms with Gasteiger partial charge in [0.05, 0.1) is 13.0 Å². The molecule has 2 aliphatic rings. The van der Waals surface area contributed by atoms with Crippen LogP contribution in [0.2, 0.25) is 0 Å². The van der Waals surface area contributed by atoms with Gasteiger partial charge in [-0.3, -0.25) is 4.79 Å². The Bertz CT molecular complexity index is 694. The molecule has 5 heteroatoms. The average Bonchev–Trinajstić information content (AvgIpc) is 3.28. The second kappa shape index (κ2) is 6.24. The number of hydrogen-bond donors (Lipinski definition) is 0. The number of rotatable bonds is 5. The van der Waals surface area contributed by atoms with Gasteiger partial charge in [0.15, 0.2) is 11.5 Å². The van der Waals surface area contributed by atoms with E-state index in [0.29, 0.717) is 25.7 Å². The minimum absolute atomic E-state index is 0.192. The first-order chi connectivity index (χ1) is 11.3. The van der Waals surface area contributed by atoms with Crippen LogP contribution in [0.5, 0.6) is 11.5 Å². The van der Waals surface area contributed by atoms with Gasteiger partial charge in [-0.05, 0) is 42.0 Å². The van der Waals surface area contributed by atoms with Crippen molar-refractivity contribution >= 4 is 17.2 Å². The first-order valence-corrected chi connectivity index (χ1v) is 8.88. The van der Waals surface area contributed by atoms with Crippen LogP contribution < -0.4 is 9.47 Å². The highest BCUT2D eigenvalue weighted by molar-refractivity contribution is 7.09. The van der Waals surface area contributed by atoms with E-state index in [-0.39, 0.29) is 5.91 Å². The number of fused-ring (bicyclic) bond motifs is 1. The Morgan fingerprint density at radius 1 is 1.17 bits per heavy atom. The van der Waals surface area contributed by atoms with Crippen molar-refractivity contribution in [3.8, 4) is 11.5 Å². The molecule has 2 aromatic rings. The lowest BCUT2D eigenvalue weighted by Gasteiger charge is -2.23. The van der Waals surface area contributed by atoms with Crippen LogP contribution in [0.25, 0.3) is 0 Å². The summed E-state index contributed by atoms with van der Waals surface area (Å²) in [5, 5.41) is 2.06. The molecule has 0 radical (unpaired) electrons. The van der Waals surface area contributed by atoms with Crippen LogP contribution in [-0.2, 0) is 17.8 Å². The van der Waals surface area contributed by atoms with Crippen LogP contribution in [0.1, 0.15) is 23.3 Å². The number of carbonyl (C=O) groups is 1. The summed E-state index contributed by atoms with van der Waals surface area (Å²) < 4.78 is 11.1. The molecule has 0 saturated heterocycles. The predicted octanol–water partition coefficient (Wildman–Crippen LogP) is 3.25. The molecule has 120 valence electrons. The highest BCUT2D eigenvalue weighted by atomic mass is 32.1. The lowest BCUT2D eigenvalue weighted by atomic mass is 10.1. The molecule has 0 bridgehead atoms. The minimum atomic E-state index is 0.192. The maximum atomic E-state index is 12.7. The molecule has 1 aliphatic heterocycles. The Labute approximate surface area is 139 Å². The normalized spacial score (nSPS) is 16.2. The van der Waals surface area contributed by atoms with Crippen molar-refractivity contribution in [3.05, 3.63) is 46.2 Å². The fourth-order valence-corrected chi connectivity index (χ4v) is 3.55. The number of carbonyl (C=O) groups excluding carboxylic acids is 1. The molecule has 4 rings (SSSR count). The monoisotopic (exact) mass is 329 g/mol. The van der Waals surface area contributed by atoms with Crippen LogP contribution in [-0.4, -0.2) is 30.1 Å². The third-order valence-electron chi connectivity index (χ3n) is 4.18. The summed E-state index contributed by atoms with van der Waals surface area (Å²) in [6, 6.07) is 10.3. The van der Waals surface area contributed by atoms with Gasteiger partial charge in [-0.1, -0.05) is 12.1 Å². The average molecular weight is 329 g/mol. The summed E-state index contributed by atoms with van der Waals surface area (Å²) in [4.78, 5) is 16.0. The number of hydrogen-bond acceptors (Lipinski definition) is 4. The van der Waals surface area contributed by atoms with Gasteiger partial charge in [-0.2, -0.15) is 0 Å². The highest BCUT2D eigenvalue weighted by Gasteiger charge is 2.32. The van der Waals surface area contributed by atoms with Crippen molar-refractivity contribution in [1.82, 2.24) is 4.90 Å². The maximum absolute atomic E-state index is 12.7. The summed E-state index contributed by atoms with van der Waals surface area (Å²) in [7, 11) is 0. The summed E-state index contributed by atoms with van der Waals surface area (Å²) in [6.07, 6.45) is 2.66. The summed E-state index contributed by atoms with van der Waals surface area (Å²) in [5.41, 5.74) is 0.982. The van der Waals surface area contributed by atoms with E-state index < -0.39 is 0 Å². The van der Waals surface area contributed by atoms with Gasteiger partial charge in [-0.25, -0.2) is 0 Å². The standard InChI is InChI=1S/C18H19NO3S/c20-18(19(14-4-5-14)12-15-2-1-9-23-15)11-13-3-6-16-17(10-13)22-8-7-21-16/h1-3,6,9-10,14H,4-5,7-8,11-12H2. The van der Waals surface area contributed by atoms with Crippen LogP contribution in [0, 0.1) is 0 Å². The second-order valence-corrected chi connectivity index (χ2v) is 7.02. The molecular weight excluding hydrogens is 310 g/mol. The third kappa shape index (κ3) is 3.34. The van der Waals surface area contributed by atoms with Gasteiger partial charge >= 0.3 is 0 Å². The van der Waals surface area contributed by atoms with Crippen molar-refractivity contribution in [2.75, 3.05) is 13.2 Å². The van der Waals surface area contributed by atoms with Gasteiger partial charge in [0, 0.05) is 10.9 Å². The van der Waals surface area contributed by atoms with Gasteiger partial charge < -0.3 is 14.4 Å². The van der Waals surface area contributed by atoms with Crippen molar-refractivity contribution in [3.63, 3.8) is 0 Å². The van der Waals surface area contributed by atoms with Crippen LogP contribution in [0.3, 0.4) is 0 Å². The van der Waals surface area contributed by atoms with Gasteiger partial charge in [0.2, 0.25) is 5.91 Å². The molecule has 1 saturated carbocycles. The number of benzene rings is 1. The summed E-state index contributed by atoms with van der Waals surface area (Å²) in [5.74, 6) is 1.71. The fraction of sp³-hybridized carbons (Fsp3) is 0.389. The quantitative estimate of drug-likeness (QED) is 0.845. The smallest absolute Gasteiger partial charge is 0.227 e.